The molecule has 0 radical (unpaired) electrons. The summed E-state index contributed by atoms with van der Waals surface area (Å²) in [7, 11) is 0. The number of nitrogens with one attached hydrogen (secondary N) is 1. The number of nitrogens with two attached hydrogens (primary N) is 1. The van der Waals surface area contributed by atoms with Crippen molar-refractivity contribution in [2.45, 2.75) is 6.92 Å². The molecular formula is C12H16ClN3O2. The molecule has 0 aliphatic rings. The van der Waals surface area contributed by atoms with E-state index in [-0.39, 0.29) is 11.1 Å². The first kappa shape index (κ1) is 14.5. The van der Waals surface area contributed by atoms with E-state index >= 15 is 0 Å². The molecule has 0 aliphatic heterocycles. The van der Waals surface area contributed by atoms with Crippen LogP contribution < -0.4 is 11.1 Å². The third kappa shape index (κ3) is 4.73. The fraction of sp³-hybridized carbons (Fsp3) is 0.333. The van der Waals surface area contributed by atoms with Crippen molar-refractivity contribution in [2.24, 2.45) is 0 Å². The van der Waals surface area contributed by atoms with Crippen LogP contribution in [0.25, 0.3) is 0 Å². The Hall–Kier alpha value is -1.59. The van der Waals surface area contributed by atoms with E-state index in [1.807, 2.05) is 6.92 Å². The van der Waals surface area contributed by atoms with E-state index in [0.717, 1.165) is 5.57 Å². The minimum Gasteiger partial charge on any atom is -0.397 e. The number of halogens is 1. The first-order chi connectivity index (χ1) is 8.50. The van der Waals surface area contributed by atoms with E-state index in [1.165, 1.54) is 12.3 Å². The van der Waals surface area contributed by atoms with Gasteiger partial charge in [0.05, 0.1) is 30.7 Å². The molecule has 1 rings (SSSR count). The lowest BCUT2D eigenvalue weighted by atomic mass is 10.2. The van der Waals surface area contributed by atoms with Crippen molar-refractivity contribution in [1.82, 2.24) is 10.3 Å². The summed E-state index contributed by atoms with van der Waals surface area (Å²) in [5.41, 5.74) is 7.18. The SMILES string of the molecule is C=C(C)COCCNC(=O)c1cc(Cl)ncc1N. The van der Waals surface area contributed by atoms with Gasteiger partial charge in [0.1, 0.15) is 5.15 Å². The first-order valence-electron chi connectivity index (χ1n) is 5.42. The molecule has 1 heterocycles. The summed E-state index contributed by atoms with van der Waals surface area (Å²) in [6.07, 6.45) is 1.36. The van der Waals surface area contributed by atoms with Crippen molar-refractivity contribution >= 4 is 23.2 Å². The van der Waals surface area contributed by atoms with Gasteiger partial charge in [-0.1, -0.05) is 23.8 Å². The van der Waals surface area contributed by atoms with Crippen LogP contribution in [-0.2, 0) is 4.74 Å². The zero-order valence-electron chi connectivity index (χ0n) is 10.2. The van der Waals surface area contributed by atoms with Gasteiger partial charge in [-0.3, -0.25) is 4.79 Å². The summed E-state index contributed by atoms with van der Waals surface area (Å²) >= 11 is 5.70. The Bertz CT molecular complexity index is 449. The molecule has 5 nitrogen and oxygen atoms in total. The van der Waals surface area contributed by atoms with Crippen molar-refractivity contribution < 1.29 is 9.53 Å². The molecule has 0 saturated heterocycles. The van der Waals surface area contributed by atoms with Gasteiger partial charge in [0.2, 0.25) is 0 Å². The van der Waals surface area contributed by atoms with Crippen LogP contribution in [0.5, 0.6) is 0 Å². The zero-order chi connectivity index (χ0) is 13.5. The van der Waals surface area contributed by atoms with E-state index in [1.54, 1.807) is 0 Å². The molecule has 0 aliphatic carbocycles. The minimum absolute atomic E-state index is 0.230. The maximum Gasteiger partial charge on any atom is 0.253 e. The Morgan fingerprint density at radius 1 is 1.67 bits per heavy atom. The van der Waals surface area contributed by atoms with Gasteiger partial charge in [-0.15, -0.1) is 0 Å². The number of rotatable bonds is 6. The van der Waals surface area contributed by atoms with Crippen molar-refractivity contribution in [3.8, 4) is 0 Å². The summed E-state index contributed by atoms with van der Waals surface area (Å²) in [6.45, 7) is 6.87. The first-order valence-corrected chi connectivity index (χ1v) is 5.80. The number of pyridine rings is 1. The summed E-state index contributed by atoms with van der Waals surface area (Å²) in [5, 5.41) is 2.91. The molecule has 0 atom stereocenters. The number of amides is 1. The van der Waals surface area contributed by atoms with Crippen molar-refractivity contribution in [2.75, 3.05) is 25.5 Å². The van der Waals surface area contributed by atoms with Crippen LogP contribution in [0, 0.1) is 0 Å². The second kappa shape index (κ2) is 6.98. The van der Waals surface area contributed by atoms with Gasteiger partial charge < -0.3 is 15.8 Å². The van der Waals surface area contributed by atoms with E-state index in [2.05, 4.69) is 16.9 Å². The molecule has 3 N–H and O–H groups in total. The lowest BCUT2D eigenvalue weighted by Crippen LogP contribution is -2.28. The van der Waals surface area contributed by atoms with Gasteiger partial charge in [0.15, 0.2) is 0 Å². The number of carbonyl (C=O) groups is 1. The summed E-state index contributed by atoms with van der Waals surface area (Å²) in [4.78, 5) is 15.5. The van der Waals surface area contributed by atoms with Crippen LogP contribution in [0.4, 0.5) is 5.69 Å². The standard InChI is InChI=1S/C12H16ClN3O2/c1-8(2)7-18-4-3-15-12(17)9-5-11(13)16-6-10(9)14/h5-6H,1,3-4,7,14H2,2H3,(H,15,17). The quantitative estimate of drug-likeness (QED) is 0.468. The van der Waals surface area contributed by atoms with Crippen molar-refractivity contribution in [1.29, 1.82) is 0 Å². The monoisotopic (exact) mass is 269 g/mol. The van der Waals surface area contributed by atoms with Crippen LogP contribution in [0.1, 0.15) is 17.3 Å². The number of hydrogen-bond acceptors (Lipinski definition) is 4. The van der Waals surface area contributed by atoms with E-state index < -0.39 is 0 Å². The number of hydrogen-bond donors (Lipinski definition) is 2. The van der Waals surface area contributed by atoms with Crippen molar-refractivity contribution in [3.05, 3.63) is 35.1 Å². The zero-order valence-corrected chi connectivity index (χ0v) is 11.0. The van der Waals surface area contributed by atoms with Crippen LogP contribution in [-0.4, -0.2) is 30.6 Å². The third-order valence-corrected chi connectivity index (χ3v) is 2.23. The maximum atomic E-state index is 11.8. The highest BCUT2D eigenvalue weighted by Gasteiger charge is 2.10. The molecule has 1 amide bonds. The van der Waals surface area contributed by atoms with Gasteiger partial charge in [-0.05, 0) is 13.0 Å². The highest BCUT2D eigenvalue weighted by atomic mass is 35.5. The Labute approximate surface area is 111 Å². The highest BCUT2D eigenvalue weighted by Crippen LogP contribution is 2.14. The summed E-state index contributed by atoms with van der Waals surface area (Å²) < 4.78 is 5.25. The van der Waals surface area contributed by atoms with Gasteiger partial charge >= 0.3 is 0 Å². The molecule has 1 aromatic rings. The normalized spacial score (nSPS) is 10.1. The average molecular weight is 270 g/mol. The minimum atomic E-state index is -0.296. The second-order valence-corrected chi connectivity index (χ2v) is 4.25. The second-order valence-electron chi connectivity index (χ2n) is 3.86. The van der Waals surface area contributed by atoms with Gasteiger partial charge in [0.25, 0.3) is 5.91 Å². The molecule has 0 unspecified atom stereocenters. The van der Waals surface area contributed by atoms with Crippen LogP contribution >= 0.6 is 11.6 Å². The lowest BCUT2D eigenvalue weighted by molar-refractivity contribution is 0.0927. The Morgan fingerprint density at radius 3 is 3.06 bits per heavy atom. The topological polar surface area (TPSA) is 77.2 Å². The molecule has 18 heavy (non-hydrogen) atoms. The largest absolute Gasteiger partial charge is 0.397 e. The van der Waals surface area contributed by atoms with Crippen molar-refractivity contribution in [3.63, 3.8) is 0 Å². The molecule has 1 aromatic heterocycles. The Morgan fingerprint density at radius 2 is 2.39 bits per heavy atom. The van der Waals surface area contributed by atoms with Gasteiger partial charge in [0, 0.05) is 6.54 Å². The molecule has 0 bridgehead atoms. The fourth-order valence-electron chi connectivity index (χ4n) is 1.22. The molecule has 0 fully saturated rings. The number of ether oxygens (including phenoxy) is 1. The Balaban J connectivity index is 2.41. The number of carbonyl (C=O) groups excluding carboxylic acids is 1. The average Bonchev–Trinajstić information content (AvgIpc) is 2.31. The van der Waals surface area contributed by atoms with Gasteiger partial charge in [-0.2, -0.15) is 0 Å². The van der Waals surface area contributed by atoms with Crippen LogP contribution in [0.15, 0.2) is 24.4 Å². The fourth-order valence-corrected chi connectivity index (χ4v) is 1.37. The van der Waals surface area contributed by atoms with Crippen LogP contribution in [0.2, 0.25) is 5.15 Å². The molecule has 0 spiro atoms. The Kier molecular flexibility index (Phi) is 5.61. The third-order valence-electron chi connectivity index (χ3n) is 2.03. The maximum absolute atomic E-state index is 11.8. The summed E-state index contributed by atoms with van der Waals surface area (Å²) in [6, 6.07) is 1.43. The number of aromatic nitrogens is 1. The summed E-state index contributed by atoms with van der Waals surface area (Å²) in [5.74, 6) is -0.296. The number of nitrogens with zero attached hydrogens (tertiary/aromatic N) is 1. The van der Waals surface area contributed by atoms with E-state index in [4.69, 9.17) is 22.1 Å². The molecule has 6 heteroatoms. The number of anilines is 1. The predicted octanol–water partition coefficient (Wildman–Crippen LogP) is 1.64. The molecular weight excluding hydrogens is 254 g/mol. The number of nitrogen functional groups attached to an aromatic ring is 1. The molecule has 0 aromatic carbocycles. The smallest absolute Gasteiger partial charge is 0.253 e. The molecule has 98 valence electrons. The van der Waals surface area contributed by atoms with E-state index in [0.29, 0.717) is 31.0 Å². The highest BCUT2D eigenvalue weighted by molar-refractivity contribution is 6.29. The lowest BCUT2D eigenvalue weighted by Gasteiger charge is -2.08. The van der Waals surface area contributed by atoms with E-state index in [9.17, 15) is 4.79 Å². The van der Waals surface area contributed by atoms with Crippen LogP contribution in [0.3, 0.4) is 0 Å². The van der Waals surface area contributed by atoms with Gasteiger partial charge in [-0.25, -0.2) is 4.98 Å². The predicted molar refractivity (Wildman–Crippen MR) is 71.6 cm³/mol. The molecule has 0 saturated carbocycles.